The number of hydrogen-bond acceptors (Lipinski definition) is 6. The van der Waals surface area contributed by atoms with Crippen LogP contribution in [0.15, 0.2) is 115 Å². The van der Waals surface area contributed by atoms with Crippen molar-refractivity contribution in [3.8, 4) is 28.7 Å². The van der Waals surface area contributed by atoms with Crippen LogP contribution in [-0.2, 0) is 0 Å². The largest absolute Gasteiger partial charge is 0.278 e. The summed E-state index contributed by atoms with van der Waals surface area (Å²) in [6.45, 7) is 0. The second-order valence-corrected chi connectivity index (χ2v) is 11.9. The molecule has 5 aromatic carbocycles. The molecule has 0 aliphatic heterocycles. The SMILES string of the molecule is c1cc(-c2nc(-c3cccc4c3sc3ccccc34)nc(-n3c4ccccc4c4ccccc43)n2)c2ncsc2c1. The number of aromatic nitrogens is 5. The van der Waals surface area contributed by atoms with Crippen molar-refractivity contribution in [1.82, 2.24) is 24.5 Å². The number of hydrogen-bond donors (Lipinski definition) is 0. The Bertz CT molecular complexity index is 2400. The molecular weight excluding hydrogens is 543 g/mol. The van der Waals surface area contributed by atoms with Crippen molar-refractivity contribution in [1.29, 1.82) is 0 Å². The average molecular weight is 562 g/mol. The number of fused-ring (bicyclic) bond motifs is 7. The normalized spacial score (nSPS) is 11.9. The smallest absolute Gasteiger partial charge is 0.238 e. The van der Waals surface area contributed by atoms with Gasteiger partial charge >= 0.3 is 0 Å². The maximum Gasteiger partial charge on any atom is 0.238 e. The second kappa shape index (κ2) is 8.76. The first-order chi connectivity index (χ1) is 20.3. The van der Waals surface area contributed by atoms with Crippen LogP contribution >= 0.6 is 22.7 Å². The standard InChI is InChI=1S/C34H19N5S2/c1-4-15-26-20(9-1)21-10-2-5-16-27(21)39(26)34-37-32(24-13-8-18-29-30(24)35-19-40-29)36-33(38-34)25-14-7-12-23-22-11-3-6-17-28(22)41-31(23)25/h1-19H. The average Bonchev–Trinajstić information content (AvgIpc) is 3.74. The number of rotatable bonds is 3. The van der Waals surface area contributed by atoms with E-state index < -0.39 is 0 Å². The van der Waals surface area contributed by atoms with E-state index in [1.807, 2.05) is 11.6 Å². The Kier molecular flexibility index (Phi) is 4.87. The molecule has 0 unspecified atom stereocenters. The molecule has 0 saturated carbocycles. The van der Waals surface area contributed by atoms with Gasteiger partial charge in [-0.05, 0) is 36.4 Å². The minimum Gasteiger partial charge on any atom is -0.278 e. The summed E-state index contributed by atoms with van der Waals surface area (Å²) in [5.74, 6) is 1.85. The Labute approximate surface area is 242 Å². The van der Waals surface area contributed by atoms with Gasteiger partial charge in [-0.2, -0.15) is 9.97 Å². The van der Waals surface area contributed by atoms with Crippen LogP contribution in [0, 0.1) is 0 Å². The molecule has 9 rings (SSSR count). The molecule has 5 nitrogen and oxygen atoms in total. The van der Waals surface area contributed by atoms with Crippen molar-refractivity contribution in [2.75, 3.05) is 0 Å². The van der Waals surface area contributed by atoms with E-state index in [2.05, 4.69) is 113 Å². The molecule has 0 radical (unpaired) electrons. The van der Waals surface area contributed by atoms with Crippen molar-refractivity contribution in [3.05, 3.63) is 115 Å². The first kappa shape index (κ1) is 22.8. The van der Waals surface area contributed by atoms with Crippen LogP contribution in [0.1, 0.15) is 0 Å². The van der Waals surface area contributed by atoms with Gasteiger partial charge in [0.05, 0.1) is 26.8 Å². The van der Waals surface area contributed by atoms with E-state index in [0.717, 1.165) is 32.4 Å². The molecule has 4 aromatic heterocycles. The predicted octanol–water partition coefficient (Wildman–Crippen LogP) is 9.28. The van der Waals surface area contributed by atoms with Crippen LogP contribution in [0.5, 0.6) is 0 Å². The van der Waals surface area contributed by atoms with Gasteiger partial charge in [-0.3, -0.25) is 4.57 Å². The zero-order chi connectivity index (χ0) is 26.9. The van der Waals surface area contributed by atoms with Crippen molar-refractivity contribution in [2.24, 2.45) is 0 Å². The molecule has 0 aliphatic rings. The molecule has 41 heavy (non-hydrogen) atoms. The third-order valence-electron chi connectivity index (χ3n) is 7.65. The number of para-hydroxylation sites is 3. The fourth-order valence-electron chi connectivity index (χ4n) is 5.83. The van der Waals surface area contributed by atoms with Crippen molar-refractivity contribution >= 4 is 74.9 Å². The number of thiazole rings is 1. The molecule has 4 heterocycles. The summed E-state index contributed by atoms with van der Waals surface area (Å²) in [7, 11) is 0. The molecule has 0 N–H and O–H groups in total. The lowest BCUT2D eigenvalue weighted by molar-refractivity contribution is 0.955. The maximum atomic E-state index is 5.19. The molecule has 0 bridgehead atoms. The zero-order valence-corrected chi connectivity index (χ0v) is 23.2. The van der Waals surface area contributed by atoms with Gasteiger partial charge in [0.25, 0.3) is 0 Å². The summed E-state index contributed by atoms with van der Waals surface area (Å²) < 4.78 is 5.69. The van der Waals surface area contributed by atoms with E-state index in [1.165, 1.54) is 30.9 Å². The fraction of sp³-hybridized carbons (Fsp3) is 0. The Morgan fingerprint density at radius 2 is 1.12 bits per heavy atom. The fourth-order valence-corrected chi connectivity index (χ4v) is 7.75. The lowest BCUT2D eigenvalue weighted by Gasteiger charge is -2.11. The highest BCUT2D eigenvalue weighted by atomic mass is 32.1. The lowest BCUT2D eigenvalue weighted by Crippen LogP contribution is -2.06. The van der Waals surface area contributed by atoms with Gasteiger partial charge in [0.2, 0.25) is 5.95 Å². The minimum absolute atomic E-state index is 0.591. The molecule has 0 fully saturated rings. The molecule has 7 heteroatoms. The third-order valence-corrected chi connectivity index (χ3v) is 9.66. The third kappa shape index (κ3) is 3.40. The maximum absolute atomic E-state index is 5.19. The zero-order valence-electron chi connectivity index (χ0n) is 21.5. The monoisotopic (exact) mass is 561 g/mol. The van der Waals surface area contributed by atoms with Crippen LogP contribution in [-0.4, -0.2) is 24.5 Å². The Morgan fingerprint density at radius 1 is 0.512 bits per heavy atom. The summed E-state index contributed by atoms with van der Waals surface area (Å²) >= 11 is 3.40. The van der Waals surface area contributed by atoms with Crippen molar-refractivity contribution < 1.29 is 0 Å². The summed E-state index contributed by atoms with van der Waals surface area (Å²) in [6.07, 6.45) is 0. The van der Waals surface area contributed by atoms with Crippen LogP contribution in [0.3, 0.4) is 0 Å². The minimum atomic E-state index is 0.591. The Balaban J connectivity index is 1.40. The molecule has 0 saturated heterocycles. The second-order valence-electron chi connectivity index (χ2n) is 9.94. The highest BCUT2D eigenvalue weighted by Gasteiger charge is 2.20. The van der Waals surface area contributed by atoms with E-state index >= 15 is 0 Å². The van der Waals surface area contributed by atoms with Crippen LogP contribution in [0.25, 0.3) is 80.9 Å². The van der Waals surface area contributed by atoms with Crippen LogP contribution < -0.4 is 0 Å². The topological polar surface area (TPSA) is 56.5 Å². The van der Waals surface area contributed by atoms with Gasteiger partial charge in [-0.1, -0.05) is 72.8 Å². The lowest BCUT2D eigenvalue weighted by atomic mass is 10.1. The molecule has 0 aliphatic carbocycles. The first-order valence-electron chi connectivity index (χ1n) is 13.3. The van der Waals surface area contributed by atoms with Crippen molar-refractivity contribution in [2.45, 2.75) is 0 Å². The Hall–Kier alpha value is -4.98. The van der Waals surface area contributed by atoms with Crippen LogP contribution in [0.2, 0.25) is 0 Å². The van der Waals surface area contributed by atoms with Gasteiger partial charge in [-0.15, -0.1) is 22.7 Å². The number of benzene rings is 5. The van der Waals surface area contributed by atoms with E-state index in [4.69, 9.17) is 15.0 Å². The molecule has 192 valence electrons. The summed E-state index contributed by atoms with van der Waals surface area (Å²) in [6, 6.07) is 38.0. The summed E-state index contributed by atoms with van der Waals surface area (Å²) in [4.78, 5) is 20.1. The molecular formula is C34H19N5S2. The van der Waals surface area contributed by atoms with E-state index in [9.17, 15) is 0 Å². The van der Waals surface area contributed by atoms with E-state index in [-0.39, 0.29) is 0 Å². The molecule has 9 aromatic rings. The number of thiophene rings is 1. The van der Waals surface area contributed by atoms with Gasteiger partial charge < -0.3 is 0 Å². The van der Waals surface area contributed by atoms with Crippen molar-refractivity contribution in [3.63, 3.8) is 0 Å². The number of nitrogens with zero attached hydrogens (tertiary/aromatic N) is 5. The first-order valence-corrected chi connectivity index (χ1v) is 15.0. The van der Waals surface area contributed by atoms with Gasteiger partial charge in [0.15, 0.2) is 11.6 Å². The highest BCUT2D eigenvalue weighted by Crippen LogP contribution is 2.40. The quantitative estimate of drug-likeness (QED) is 0.216. The molecule has 0 spiro atoms. The predicted molar refractivity (Wildman–Crippen MR) is 171 cm³/mol. The van der Waals surface area contributed by atoms with Gasteiger partial charge in [-0.25, -0.2) is 9.97 Å². The molecule has 0 atom stereocenters. The highest BCUT2D eigenvalue weighted by molar-refractivity contribution is 7.26. The van der Waals surface area contributed by atoms with Gasteiger partial charge in [0, 0.05) is 42.1 Å². The van der Waals surface area contributed by atoms with E-state index in [1.54, 1.807) is 22.7 Å². The summed E-state index contributed by atoms with van der Waals surface area (Å²) in [5.41, 5.74) is 6.80. The van der Waals surface area contributed by atoms with E-state index in [0.29, 0.717) is 17.6 Å². The van der Waals surface area contributed by atoms with Gasteiger partial charge in [0.1, 0.15) is 0 Å². The molecule has 0 amide bonds. The van der Waals surface area contributed by atoms with Crippen LogP contribution in [0.4, 0.5) is 0 Å². The summed E-state index contributed by atoms with van der Waals surface area (Å²) in [5, 5.41) is 4.79. The Morgan fingerprint density at radius 3 is 1.93 bits per heavy atom.